The summed E-state index contributed by atoms with van der Waals surface area (Å²) < 4.78 is 2.28. The largest absolute Gasteiger partial charge is 0.324 e. The Hall–Kier alpha value is -2.61. The average Bonchev–Trinajstić information content (AvgIpc) is 2.83. The van der Waals surface area contributed by atoms with E-state index in [2.05, 4.69) is 77.1 Å². The molecule has 0 radical (unpaired) electrons. The molecule has 0 aliphatic carbocycles. The van der Waals surface area contributed by atoms with Gasteiger partial charge in [0.05, 0.1) is 11.0 Å². The maximum absolute atomic E-state index is 4.63. The fourth-order valence-corrected chi connectivity index (χ4v) is 2.92. The quantitative estimate of drug-likeness (QED) is 0.523. The number of rotatable bonds is 2. The van der Waals surface area contributed by atoms with Gasteiger partial charge >= 0.3 is 0 Å². The van der Waals surface area contributed by atoms with Crippen LogP contribution in [0.4, 0.5) is 0 Å². The van der Waals surface area contributed by atoms with Crippen molar-refractivity contribution < 1.29 is 0 Å². The number of para-hydroxylation sites is 2. The molecule has 1 aromatic heterocycles. The van der Waals surface area contributed by atoms with Crippen LogP contribution in [0.25, 0.3) is 21.8 Å². The second-order valence-electron chi connectivity index (χ2n) is 5.42. The molecule has 0 aliphatic heterocycles. The Balaban J connectivity index is 1.80. The fourth-order valence-electron chi connectivity index (χ4n) is 2.92. The van der Waals surface area contributed by atoms with Gasteiger partial charge in [-0.3, -0.25) is 0 Å². The summed E-state index contributed by atoms with van der Waals surface area (Å²) in [6.07, 6.45) is 0. The van der Waals surface area contributed by atoms with Crippen molar-refractivity contribution in [3.63, 3.8) is 0 Å². The van der Waals surface area contributed by atoms with E-state index in [0.29, 0.717) is 0 Å². The predicted octanol–water partition coefficient (Wildman–Crippen LogP) is 4.55. The molecule has 0 saturated carbocycles. The van der Waals surface area contributed by atoms with Gasteiger partial charge in [0.15, 0.2) is 0 Å². The number of hydrogen-bond donors (Lipinski definition) is 0. The summed E-state index contributed by atoms with van der Waals surface area (Å²) in [5.41, 5.74) is 3.57. The Kier molecular flexibility index (Phi) is 2.74. The highest BCUT2D eigenvalue weighted by Crippen LogP contribution is 2.20. The van der Waals surface area contributed by atoms with Crippen LogP contribution in [-0.4, -0.2) is 9.55 Å². The minimum Gasteiger partial charge on any atom is -0.324 e. The number of benzene rings is 3. The van der Waals surface area contributed by atoms with Crippen molar-refractivity contribution in [3.05, 3.63) is 78.1 Å². The molecule has 0 amide bonds. The summed E-state index contributed by atoms with van der Waals surface area (Å²) >= 11 is 0. The number of aromatic nitrogens is 2. The first kappa shape index (κ1) is 12.2. The molecule has 0 N–H and O–H groups in total. The maximum Gasteiger partial charge on any atom is 0.107 e. The number of imidazole rings is 1. The van der Waals surface area contributed by atoms with Crippen molar-refractivity contribution in [3.8, 4) is 0 Å². The lowest BCUT2D eigenvalue weighted by Gasteiger charge is -2.08. The van der Waals surface area contributed by atoms with Crippen LogP contribution in [0.1, 0.15) is 11.4 Å². The first-order valence-electron chi connectivity index (χ1n) is 7.21. The van der Waals surface area contributed by atoms with Crippen LogP contribution < -0.4 is 0 Å². The molecule has 102 valence electrons. The Morgan fingerprint density at radius 3 is 2.52 bits per heavy atom. The molecule has 4 aromatic rings. The average molecular weight is 272 g/mol. The number of fused-ring (bicyclic) bond motifs is 2. The minimum absolute atomic E-state index is 0.858. The lowest BCUT2D eigenvalue weighted by Crippen LogP contribution is -2.01. The molecule has 0 atom stereocenters. The van der Waals surface area contributed by atoms with Crippen molar-refractivity contribution in [2.24, 2.45) is 0 Å². The molecule has 21 heavy (non-hydrogen) atoms. The van der Waals surface area contributed by atoms with Gasteiger partial charge in [-0.1, -0.05) is 48.5 Å². The zero-order valence-electron chi connectivity index (χ0n) is 12.0. The van der Waals surface area contributed by atoms with Gasteiger partial charge in [0.1, 0.15) is 5.82 Å². The maximum atomic E-state index is 4.63. The van der Waals surface area contributed by atoms with E-state index in [0.717, 1.165) is 17.9 Å². The van der Waals surface area contributed by atoms with Crippen molar-refractivity contribution in [2.75, 3.05) is 0 Å². The van der Waals surface area contributed by atoms with Crippen LogP contribution in [0, 0.1) is 6.92 Å². The molecule has 0 aliphatic rings. The molecule has 2 nitrogen and oxygen atoms in total. The van der Waals surface area contributed by atoms with E-state index < -0.39 is 0 Å². The van der Waals surface area contributed by atoms with E-state index in [9.17, 15) is 0 Å². The van der Waals surface area contributed by atoms with Gasteiger partial charge in [0, 0.05) is 6.54 Å². The summed E-state index contributed by atoms with van der Waals surface area (Å²) in [7, 11) is 0. The molecule has 4 rings (SSSR count). The molecular formula is C19H16N2. The van der Waals surface area contributed by atoms with E-state index in [1.807, 2.05) is 6.07 Å². The van der Waals surface area contributed by atoms with Crippen molar-refractivity contribution in [2.45, 2.75) is 13.5 Å². The number of aryl methyl sites for hydroxylation is 1. The molecule has 0 unspecified atom stereocenters. The third-order valence-corrected chi connectivity index (χ3v) is 4.00. The highest BCUT2D eigenvalue weighted by molar-refractivity contribution is 5.83. The summed E-state index contributed by atoms with van der Waals surface area (Å²) in [6.45, 7) is 2.93. The molecule has 0 saturated heterocycles. The topological polar surface area (TPSA) is 17.8 Å². The normalized spacial score (nSPS) is 11.3. The monoisotopic (exact) mass is 272 g/mol. The van der Waals surface area contributed by atoms with E-state index in [1.54, 1.807) is 0 Å². The van der Waals surface area contributed by atoms with Crippen LogP contribution in [0.5, 0.6) is 0 Å². The van der Waals surface area contributed by atoms with Gasteiger partial charge in [0.2, 0.25) is 0 Å². The SMILES string of the molecule is Cc1nc2ccccc2n1Cc1ccc2ccccc2c1. The van der Waals surface area contributed by atoms with Gasteiger partial charge in [-0.05, 0) is 41.5 Å². The van der Waals surface area contributed by atoms with Gasteiger partial charge in [-0.2, -0.15) is 0 Å². The van der Waals surface area contributed by atoms with Crippen LogP contribution in [0.15, 0.2) is 66.7 Å². The summed E-state index contributed by atoms with van der Waals surface area (Å²) in [4.78, 5) is 4.63. The molecule has 3 aromatic carbocycles. The third-order valence-electron chi connectivity index (χ3n) is 4.00. The van der Waals surface area contributed by atoms with E-state index in [-0.39, 0.29) is 0 Å². The van der Waals surface area contributed by atoms with Crippen LogP contribution in [0.2, 0.25) is 0 Å². The number of hydrogen-bond acceptors (Lipinski definition) is 1. The van der Waals surface area contributed by atoms with E-state index in [4.69, 9.17) is 0 Å². The molecular weight excluding hydrogens is 256 g/mol. The van der Waals surface area contributed by atoms with Gasteiger partial charge < -0.3 is 4.57 Å². The van der Waals surface area contributed by atoms with Crippen molar-refractivity contribution >= 4 is 21.8 Å². The summed E-state index contributed by atoms with van der Waals surface area (Å²) in [5, 5.41) is 2.57. The minimum atomic E-state index is 0.858. The third kappa shape index (κ3) is 2.09. The summed E-state index contributed by atoms with van der Waals surface area (Å²) in [6, 6.07) is 23.5. The second-order valence-corrected chi connectivity index (χ2v) is 5.42. The predicted molar refractivity (Wildman–Crippen MR) is 87.5 cm³/mol. The lowest BCUT2D eigenvalue weighted by molar-refractivity contribution is 0.787. The van der Waals surface area contributed by atoms with Gasteiger partial charge in [-0.15, -0.1) is 0 Å². The molecule has 0 spiro atoms. The highest BCUT2D eigenvalue weighted by Gasteiger charge is 2.07. The fraction of sp³-hybridized carbons (Fsp3) is 0.105. The zero-order valence-corrected chi connectivity index (χ0v) is 12.0. The molecule has 0 bridgehead atoms. The Labute approximate surface area is 123 Å². The molecule has 1 heterocycles. The Morgan fingerprint density at radius 1 is 0.857 bits per heavy atom. The van der Waals surface area contributed by atoms with Crippen molar-refractivity contribution in [1.29, 1.82) is 0 Å². The van der Waals surface area contributed by atoms with Crippen LogP contribution in [0.3, 0.4) is 0 Å². The van der Waals surface area contributed by atoms with Gasteiger partial charge in [0.25, 0.3) is 0 Å². The molecule has 0 fully saturated rings. The first-order valence-corrected chi connectivity index (χ1v) is 7.21. The Bertz CT molecular complexity index is 935. The first-order chi connectivity index (χ1) is 10.3. The zero-order chi connectivity index (χ0) is 14.2. The second kappa shape index (κ2) is 4.74. The van der Waals surface area contributed by atoms with Gasteiger partial charge in [-0.25, -0.2) is 4.98 Å². The van der Waals surface area contributed by atoms with Crippen LogP contribution >= 0.6 is 0 Å². The number of nitrogens with zero attached hydrogens (tertiary/aromatic N) is 2. The standard InChI is InChI=1S/C19H16N2/c1-14-20-18-8-4-5-9-19(18)21(14)13-15-10-11-16-6-2-3-7-17(16)12-15/h2-12H,13H2,1H3. The summed E-state index contributed by atoms with van der Waals surface area (Å²) in [5.74, 6) is 1.06. The Morgan fingerprint density at radius 2 is 1.62 bits per heavy atom. The van der Waals surface area contributed by atoms with Crippen molar-refractivity contribution in [1.82, 2.24) is 9.55 Å². The van der Waals surface area contributed by atoms with E-state index >= 15 is 0 Å². The smallest absolute Gasteiger partial charge is 0.107 e. The highest BCUT2D eigenvalue weighted by atomic mass is 15.1. The van der Waals surface area contributed by atoms with Crippen LogP contribution in [-0.2, 0) is 6.54 Å². The lowest BCUT2D eigenvalue weighted by atomic mass is 10.1. The van der Waals surface area contributed by atoms with E-state index in [1.165, 1.54) is 21.9 Å². The molecule has 2 heteroatoms.